The molecule has 0 aliphatic rings. The molecular formula is C18H19F3N2O4S. The first kappa shape index (κ1) is 21.7. The summed E-state index contributed by atoms with van der Waals surface area (Å²) < 4.78 is 66.6. The van der Waals surface area contributed by atoms with E-state index < -0.39 is 22.1 Å². The number of ether oxygens (including phenoxy) is 1. The molecule has 0 saturated heterocycles. The number of nitrogens with one attached hydrogen (secondary N) is 2. The minimum absolute atomic E-state index is 0.105. The number of para-hydroxylation sites is 1. The monoisotopic (exact) mass is 416 g/mol. The first-order valence-corrected chi connectivity index (χ1v) is 9.82. The quantitative estimate of drug-likeness (QED) is 0.690. The zero-order valence-electron chi connectivity index (χ0n) is 14.9. The van der Waals surface area contributed by atoms with E-state index in [4.69, 9.17) is 0 Å². The maximum atomic E-state index is 12.2. The summed E-state index contributed by atoms with van der Waals surface area (Å²) in [5.74, 6) is -0.891. The van der Waals surface area contributed by atoms with Crippen LogP contribution in [0.15, 0.2) is 53.4 Å². The van der Waals surface area contributed by atoms with E-state index in [1.165, 1.54) is 0 Å². The number of benzene rings is 2. The van der Waals surface area contributed by atoms with Gasteiger partial charge in [0, 0.05) is 18.7 Å². The largest absolute Gasteiger partial charge is 0.573 e. The smallest absolute Gasteiger partial charge is 0.406 e. The van der Waals surface area contributed by atoms with Crippen molar-refractivity contribution in [3.05, 3.63) is 54.1 Å². The molecule has 2 aromatic carbocycles. The summed E-state index contributed by atoms with van der Waals surface area (Å²) in [7, 11) is -3.97. The summed E-state index contributed by atoms with van der Waals surface area (Å²) >= 11 is 0. The van der Waals surface area contributed by atoms with Gasteiger partial charge < -0.3 is 10.1 Å². The number of carbonyl (C=O) groups is 1. The Morgan fingerprint density at radius 1 is 1.07 bits per heavy atom. The lowest BCUT2D eigenvalue weighted by molar-refractivity contribution is -0.274. The fourth-order valence-corrected chi connectivity index (χ4v) is 3.40. The van der Waals surface area contributed by atoms with Gasteiger partial charge in [0.05, 0.1) is 4.90 Å². The van der Waals surface area contributed by atoms with Crippen LogP contribution in [0.25, 0.3) is 0 Å². The summed E-state index contributed by atoms with van der Waals surface area (Å²) in [6.07, 6.45) is -4.23. The lowest BCUT2D eigenvalue weighted by Crippen LogP contribution is -2.28. The molecule has 0 heterocycles. The highest BCUT2D eigenvalue weighted by Crippen LogP contribution is 2.23. The number of amides is 1. The highest BCUT2D eigenvalue weighted by Gasteiger charge is 2.31. The Hall–Kier alpha value is -2.59. The second-order valence-corrected chi connectivity index (χ2v) is 7.49. The van der Waals surface area contributed by atoms with Crippen LogP contribution >= 0.6 is 0 Å². The van der Waals surface area contributed by atoms with Crippen molar-refractivity contribution in [2.45, 2.75) is 31.0 Å². The van der Waals surface area contributed by atoms with Crippen LogP contribution in [0.5, 0.6) is 5.75 Å². The number of aryl methyl sites for hydroxylation is 1. The third-order valence-electron chi connectivity index (χ3n) is 3.68. The van der Waals surface area contributed by atoms with E-state index >= 15 is 0 Å². The third-order valence-corrected chi connectivity index (χ3v) is 5.16. The van der Waals surface area contributed by atoms with E-state index in [0.717, 1.165) is 36.2 Å². The van der Waals surface area contributed by atoms with Gasteiger partial charge in [-0.2, -0.15) is 0 Å². The second-order valence-electron chi connectivity index (χ2n) is 5.73. The van der Waals surface area contributed by atoms with Crippen molar-refractivity contribution < 1.29 is 31.1 Å². The number of carbonyl (C=O) groups excluding carboxylic acids is 1. The van der Waals surface area contributed by atoms with E-state index in [9.17, 15) is 26.4 Å². The zero-order valence-corrected chi connectivity index (χ0v) is 15.7. The Kier molecular flexibility index (Phi) is 7.03. The van der Waals surface area contributed by atoms with Crippen molar-refractivity contribution >= 4 is 21.6 Å². The first-order valence-electron chi connectivity index (χ1n) is 8.34. The van der Waals surface area contributed by atoms with Crippen molar-refractivity contribution in [1.82, 2.24) is 4.72 Å². The number of sulfonamides is 1. The van der Waals surface area contributed by atoms with Gasteiger partial charge in [-0.3, -0.25) is 4.79 Å². The Labute approximate surface area is 160 Å². The molecule has 6 nitrogen and oxygen atoms in total. The average Bonchev–Trinajstić information content (AvgIpc) is 2.61. The third kappa shape index (κ3) is 6.54. The molecule has 0 fully saturated rings. The zero-order chi connectivity index (χ0) is 20.8. The van der Waals surface area contributed by atoms with Gasteiger partial charge in [-0.15, -0.1) is 13.2 Å². The van der Waals surface area contributed by atoms with Crippen LogP contribution in [0.1, 0.15) is 18.9 Å². The predicted molar refractivity (Wildman–Crippen MR) is 97.4 cm³/mol. The minimum atomic E-state index is -4.86. The van der Waals surface area contributed by atoms with Gasteiger partial charge in [0.25, 0.3) is 0 Å². The first-order chi connectivity index (χ1) is 13.1. The van der Waals surface area contributed by atoms with Crippen LogP contribution in [0.3, 0.4) is 0 Å². The highest BCUT2D eigenvalue weighted by molar-refractivity contribution is 7.89. The van der Waals surface area contributed by atoms with Gasteiger partial charge in [-0.25, -0.2) is 13.1 Å². The van der Waals surface area contributed by atoms with E-state index in [1.807, 2.05) is 19.1 Å². The van der Waals surface area contributed by atoms with Gasteiger partial charge in [0.2, 0.25) is 15.9 Å². The molecule has 0 aliphatic carbocycles. The Balaban J connectivity index is 1.90. The molecule has 0 radical (unpaired) electrons. The molecule has 152 valence electrons. The van der Waals surface area contributed by atoms with Gasteiger partial charge in [-0.1, -0.05) is 25.1 Å². The van der Waals surface area contributed by atoms with Gasteiger partial charge >= 0.3 is 6.36 Å². The molecule has 0 atom stereocenters. The highest BCUT2D eigenvalue weighted by atomic mass is 32.2. The lowest BCUT2D eigenvalue weighted by Gasteiger charge is -2.11. The molecule has 0 aliphatic heterocycles. The predicted octanol–water partition coefficient (Wildman–Crippen LogP) is 3.45. The van der Waals surface area contributed by atoms with Crippen LogP contribution < -0.4 is 14.8 Å². The molecule has 10 heteroatoms. The standard InChI is InChI=1S/C18H19F3N2O4S/c1-2-13-5-3-4-6-16(13)23-17(24)11-12-22-28(25,26)15-9-7-14(8-10-15)27-18(19,20)21/h3-10,22H,2,11-12H2,1H3,(H,23,24). The Morgan fingerprint density at radius 3 is 2.32 bits per heavy atom. The fourth-order valence-electron chi connectivity index (χ4n) is 2.37. The Bertz CT molecular complexity index is 913. The fraction of sp³-hybridized carbons (Fsp3) is 0.278. The molecule has 0 unspecified atom stereocenters. The summed E-state index contributed by atoms with van der Waals surface area (Å²) in [6, 6.07) is 11.0. The number of rotatable bonds is 8. The van der Waals surface area contributed by atoms with E-state index in [0.29, 0.717) is 5.69 Å². The molecule has 28 heavy (non-hydrogen) atoms. The summed E-state index contributed by atoms with van der Waals surface area (Å²) in [5.41, 5.74) is 1.62. The van der Waals surface area contributed by atoms with Crippen molar-refractivity contribution in [2.24, 2.45) is 0 Å². The van der Waals surface area contributed by atoms with Gasteiger partial charge in [0.15, 0.2) is 0 Å². The maximum absolute atomic E-state index is 12.2. The summed E-state index contributed by atoms with van der Waals surface area (Å²) in [6.45, 7) is 1.79. The molecule has 2 rings (SSSR count). The molecule has 0 spiro atoms. The molecule has 2 aromatic rings. The molecule has 0 saturated carbocycles. The SMILES string of the molecule is CCc1ccccc1NC(=O)CCNS(=O)(=O)c1ccc(OC(F)(F)F)cc1. The van der Waals surface area contributed by atoms with Crippen molar-refractivity contribution in [2.75, 3.05) is 11.9 Å². The van der Waals surface area contributed by atoms with Gasteiger partial charge in [-0.05, 0) is 42.3 Å². The number of hydrogen-bond donors (Lipinski definition) is 2. The van der Waals surface area contributed by atoms with Crippen molar-refractivity contribution in [3.8, 4) is 5.75 Å². The van der Waals surface area contributed by atoms with Crippen LogP contribution in [0.4, 0.5) is 18.9 Å². The van der Waals surface area contributed by atoms with Crippen molar-refractivity contribution in [1.29, 1.82) is 0 Å². The maximum Gasteiger partial charge on any atom is 0.573 e. The van der Waals surface area contributed by atoms with Gasteiger partial charge in [0.1, 0.15) is 5.75 Å². The Morgan fingerprint density at radius 2 is 1.71 bits per heavy atom. The lowest BCUT2D eigenvalue weighted by atomic mass is 10.1. The van der Waals surface area contributed by atoms with E-state index in [2.05, 4.69) is 14.8 Å². The number of alkyl halides is 3. The number of anilines is 1. The van der Waals surface area contributed by atoms with Crippen LogP contribution in [0, 0.1) is 0 Å². The average molecular weight is 416 g/mol. The van der Waals surface area contributed by atoms with Crippen LogP contribution in [0.2, 0.25) is 0 Å². The molecule has 2 N–H and O–H groups in total. The molecule has 1 amide bonds. The normalized spacial score (nSPS) is 11.9. The van der Waals surface area contributed by atoms with Crippen molar-refractivity contribution in [3.63, 3.8) is 0 Å². The molecular weight excluding hydrogens is 397 g/mol. The van der Waals surface area contributed by atoms with Crippen LogP contribution in [-0.4, -0.2) is 27.2 Å². The summed E-state index contributed by atoms with van der Waals surface area (Å²) in [5, 5.41) is 2.72. The topological polar surface area (TPSA) is 84.5 Å². The van der Waals surface area contributed by atoms with E-state index in [1.54, 1.807) is 12.1 Å². The molecule has 0 bridgehead atoms. The van der Waals surface area contributed by atoms with Crippen LogP contribution in [-0.2, 0) is 21.2 Å². The minimum Gasteiger partial charge on any atom is -0.406 e. The summed E-state index contributed by atoms with van der Waals surface area (Å²) in [4.78, 5) is 11.8. The second kappa shape index (κ2) is 9.07. The number of hydrogen-bond acceptors (Lipinski definition) is 4. The van der Waals surface area contributed by atoms with E-state index in [-0.39, 0.29) is 23.8 Å². The number of halogens is 3. The molecule has 0 aromatic heterocycles.